The van der Waals surface area contributed by atoms with Crippen molar-refractivity contribution in [2.45, 2.75) is 38.9 Å². The quantitative estimate of drug-likeness (QED) is 0.492. The molecule has 20 heavy (non-hydrogen) atoms. The smallest absolute Gasteiger partial charge is 0.250 e. The van der Waals surface area contributed by atoms with E-state index < -0.39 is 8.32 Å². The molecule has 4 heteroatoms. The summed E-state index contributed by atoms with van der Waals surface area (Å²) < 4.78 is 8.56. The third kappa shape index (κ3) is 3.12. The number of benzene rings is 2. The molecule has 0 spiro atoms. The molecule has 0 saturated heterocycles. The highest BCUT2D eigenvalue weighted by atomic mass is 79.9. The summed E-state index contributed by atoms with van der Waals surface area (Å²) in [6, 6.07) is 10.5. The van der Waals surface area contributed by atoms with E-state index in [1.165, 1.54) is 10.8 Å². The molecule has 0 aliphatic heterocycles. The highest BCUT2D eigenvalue weighted by Gasteiger charge is 2.39. The van der Waals surface area contributed by atoms with Crippen molar-refractivity contribution in [2.75, 3.05) is 0 Å². The first kappa shape index (κ1) is 16.1. The van der Waals surface area contributed by atoms with Crippen LogP contribution in [0.3, 0.4) is 0 Å². The molecule has 0 unspecified atom stereocenters. The van der Waals surface area contributed by atoms with Crippen LogP contribution in [0.5, 0.6) is 5.75 Å². The molecule has 0 bridgehead atoms. The highest BCUT2D eigenvalue weighted by molar-refractivity contribution is 9.11. The first-order valence-electron chi connectivity index (χ1n) is 6.68. The molecule has 1 nitrogen and oxygen atoms in total. The molecule has 0 N–H and O–H groups in total. The van der Waals surface area contributed by atoms with E-state index >= 15 is 0 Å². The molecule has 0 aromatic heterocycles. The van der Waals surface area contributed by atoms with Crippen molar-refractivity contribution in [3.8, 4) is 5.75 Å². The largest absolute Gasteiger partial charge is 0.543 e. The third-order valence-corrected chi connectivity index (χ3v) is 9.71. The van der Waals surface area contributed by atoms with Gasteiger partial charge in [0.05, 0.1) is 4.47 Å². The standard InChI is InChI=1S/C16H20Br2OSi/c1-16(2,3)20(4,5)19-14-9-6-11-10-12(17)7-8-13(11)15(14)18/h6-10H,1-5H3. The van der Waals surface area contributed by atoms with E-state index in [2.05, 4.69) is 96.1 Å². The average molecular weight is 416 g/mol. The molecule has 0 amide bonds. The second-order valence-corrected chi connectivity index (χ2v) is 13.0. The Balaban J connectivity index is 2.47. The Kier molecular flexibility index (Phi) is 4.39. The zero-order valence-electron chi connectivity index (χ0n) is 12.6. The van der Waals surface area contributed by atoms with Crippen molar-refractivity contribution < 1.29 is 4.43 Å². The number of hydrogen-bond donors (Lipinski definition) is 0. The fourth-order valence-corrected chi connectivity index (χ4v) is 3.88. The van der Waals surface area contributed by atoms with Crippen LogP contribution in [0, 0.1) is 0 Å². The molecular formula is C16H20Br2OSi. The van der Waals surface area contributed by atoms with Crippen LogP contribution in [-0.4, -0.2) is 8.32 Å². The van der Waals surface area contributed by atoms with Crippen molar-refractivity contribution in [3.63, 3.8) is 0 Å². The van der Waals surface area contributed by atoms with E-state index in [1.807, 2.05) is 0 Å². The summed E-state index contributed by atoms with van der Waals surface area (Å²) in [5.41, 5.74) is 0. The predicted molar refractivity (Wildman–Crippen MR) is 97.2 cm³/mol. The lowest BCUT2D eigenvalue weighted by Crippen LogP contribution is -2.43. The summed E-state index contributed by atoms with van der Waals surface area (Å²) >= 11 is 7.22. The number of hydrogen-bond acceptors (Lipinski definition) is 1. The number of rotatable bonds is 2. The van der Waals surface area contributed by atoms with Gasteiger partial charge in [-0.25, -0.2) is 0 Å². The second-order valence-electron chi connectivity index (χ2n) is 6.61. The van der Waals surface area contributed by atoms with E-state index in [1.54, 1.807) is 0 Å². The normalized spacial score (nSPS) is 12.8. The van der Waals surface area contributed by atoms with Crippen LogP contribution in [-0.2, 0) is 0 Å². The number of fused-ring (bicyclic) bond motifs is 1. The maximum absolute atomic E-state index is 6.42. The minimum absolute atomic E-state index is 0.196. The van der Waals surface area contributed by atoms with Gasteiger partial charge in [0.15, 0.2) is 0 Å². The molecule has 0 aliphatic carbocycles. The minimum atomic E-state index is -1.81. The summed E-state index contributed by atoms with van der Waals surface area (Å²) in [5.74, 6) is 0.950. The first-order chi connectivity index (χ1) is 9.12. The molecule has 108 valence electrons. The molecule has 0 radical (unpaired) electrons. The van der Waals surface area contributed by atoms with Crippen LogP contribution in [0.1, 0.15) is 20.8 Å². The van der Waals surface area contributed by atoms with Crippen LogP contribution in [0.25, 0.3) is 10.8 Å². The van der Waals surface area contributed by atoms with Gasteiger partial charge in [-0.05, 0) is 63.0 Å². The van der Waals surface area contributed by atoms with Gasteiger partial charge in [0.1, 0.15) is 5.75 Å². The van der Waals surface area contributed by atoms with Crippen LogP contribution in [0.2, 0.25) is 18.1 Å². The van der Waals surface area contributed by atoms with E-state index in [4.69, 9.17) is 4.43 Å². The summed E-state index contributed by atoms with van der Waals surface area (Å²) in [5, 5.41) is 2.58. The maximum atomic E-state index is 6.42. The first-order valence-corrected chi connectivity index (χ1v) is 11.2. The van der Waals surface area contributed by atoms with Gasteiger partial charge in [0.2, 0.25) is 0 Å². The average Bonchev–Trinajstić information content (AvgIpc) is 2.31. The Labute approximate surface area is 139 Å². The van der Waals surface area contributed by atoms with Gasteiger partial charge in [-0.3, -0.25) is 0 Å². The zero-order valence-corrected chi connectivity index (χ0v) is 16.7. The topological polar surface area (TPSA) is 9.23 Å². The lowest BCUT2D eigenvalue weighted by Gasteiger charge is -2.36. The van der Waals surface area contributed by atoms with Crippen LogP contribution in [0.15, 0.2) is 39.3 Å². The van der Waals surface area contributed by atoms with E-state index in [-0.39, 0.29) is 5.04 Å². The van der Waals surface area contributed by atoms with Gasteiger partial charge in [-0.15, -0.1) is 0 Å². The minimum Gasteiger partial charge on any atom is -0.543 e. The van der Waals surface area contributed by atoms with Crippen LogP contribution in [0.4, 0.5) is 0 Å². The fourth-order valence-electron chi connectivity index (χ4n) is 1.75. The van der Waals surface area contributed by atoms with Crippen LogP contribution < -0.4 is 4.43 Å². The monoisotopic (exact) mass is 414 g/mol. The van der Waals surface area contributed by atoms with Gasteiger partial charge < -0.3 is 4.43 Å². The second kappa shape index (κ2) is 5.47. The van der Waals surface area contributed by atoms with Crippen LogP contribution >= 0.6 is 31.9 Å². The SMILES string of the molecule is CC(C)(C)[Si](C)(C)Oc1ccc2cc(Br)ccc2c1Br. The Bertz CT molecular complexity index is 645. The summed E-state index contributed by atoms with van der Waals surface area (Å²) in [6.45, 7) is 11.3. The van der Waals surface area contributed by atoms with Gasteiger partial charge in [0, 0.05) is 4.47 Å². The molecule has 0 heterocycles. The Morgan fingerprint density at radius 2 is 1.65 bits per heavy atom. The van der Waals surface area contributed by atoms with Gasteiger partial charge >= 0.3 is 0 Å². The number of halogens is 2. The van der Waals surface area contributed by atoms with Crippen molar-refractivity contribution in [1.82, 2.24) is 0 Å². The molecule has 2 rings (SSSR count). The van der Waals surface area contributed by atoms with E-state index in [9.17, 15) is 0 Å². The molecule has 0 aliphatic rings. The summed E-state index contributed by atoms with van der Waals surface area (Å²) in [6.07, 6.45) is 0. The molecule has 0 atom stereocenters. The Morgan fingerprint density at radius 1 is 1.00 bits per heavy atom. The van der Waals surface area contributed by atoms with Crippen molar-refractivity contribution >= 4 is 50.9 Å². The molecular weight excluding hydrogens is 396 g/mol. The van der Waals surface area contributed by atoms with Crippen molar-refractivity contribution in [3.05, 3.63) is 39.3 Å². The Morgan fingerprint density at radius 3 is 2.25 bits per heavy atom. The molecule has 0 fully saturated rings. The van der Waals surface area contributed by atoms with Crippen molar-refractivity contribution in [1.29, 1.82) is 0 Å². The molecule has 0 saturated carbocycles. The lowest BCUT2D eigenvalue weighted by atomic mass is 10.1. The van der Waals surface area contributed by atoms with E-state index in [0.29, 0.717) is 0 Å². The fraction of sp³-hybridized carbons (Fsp3) is 0.375. The van der Waals surface area contributed by atoms with E-state index in [0.717, 1.165) is 14.7 Å². The third-order valence-electron chi connectivity index (χ3n) is 4.05. The summed E-state index contributed by atoms with van der Waals surface area (Å²) in [4.78, 5) is 0. The van der Waals surface area contributed by atoms with Gasteiger partial charge in [0.25, 0.3) is 8.32 Å². The highest BCUT2D eigenvalue weighted by Crippen LogP contribution is 2.41. The summed E-state index contributed by atoms with van der Waals surface area (Å²) in [7, 11) is -1.81. The van der Waals surface area contributed by atoms with Gasteiger partial charge in [-0.1, -0.05) is 48.8 Å². The maximum Gasteiger partial charge on any atom is 0.250 e. The Hall–Kier alpha value is -0.323. The lowest BCUT2D eigenvalue weighted by molar-refractivity contribution is 0.490. The predicted octanol–water partition coefficient (Wildman–Crippen LogP) is 6.75. The zero-order chi connectivity index (χ0) is 15.1. The van der Waals surface area contributed by atoms with Gasteiger partial charge in [-0.2, -0.15) is 0 Å². The molecule has 2 aromatic carbocycles. The molecule has 2 aromatic rings. The van der Waals surface area contributed by atoms with Crippen molar-refractivity contribution in [2.24, 2.45) is 0 Å².